The monoisotopic (exact) mass is 572 g/mol. The van der Waals surface area contributed by atoms with E-state index >= 15 is 0 Å². The number of fused-ring (bicyclic) bond motifs is 1. The van der Waals surface area contributed by atoms with E-state index in [4.69, 9.17) is 19.7 Å². The number of imidazole rings is 1. The van der Waals surface area contributed by atoms with E-state index in [-0.39, 0.29) is 30.5 Å². The summed E-state index contributed by atoms with van der Waals surface area (Å²) in [4.78, 5) is 27.6. The van der Waals surface area contributed by atoms with Crippen LogP contribution >= 0.6 is 7.75 Å². The first-order valence-electron chi connectivity index (χ1n) is 14.0. The van der Waals surface area contributed by atoms with Gasteiger partial charge in [-0.25, -0.2) is 14.2 Å². The van der Waals surface area contributed by atoms with Gasteiger partial charge in [0, 0.05) is 19.0 Å². The molecule has 2 saturated heterocycles. The fraction of sp³-hybridized carbons (Fsp3) is 0.833. The molecule has 1 saturated carbocycles. The van der Waals surface area contributed by atoms with Gasteiger partial charge in [-0.1, -0.05) is 44.9 Å². The number of morpholine rings is 1. The van der Waals surface area contributed by atoms with Crippen LogP contribution in [0, 0.1) is 5.92 Å². The molecule has 14 nitrogen and oxygen atoms in total. The van der Waals surface area contributed by atoms with Crippen molar-refractivity contribution in [1.29, 1.82) is 0 Å². The van der Waals surface area contributed by atoms with Gasteiger partial charge in [0.05, 0.1) is 26.1 Å². The van der Waals surface area contributed by atoms with Crippen LogP contribution in [0.1, 0.15) is 74.5 Å². The number of aliphatic hydroxyl groups excluding tert-OH is 2. The smallest absolute Gasteiger partial charge is 0.387 e. The van der Waals surface area contributed by atoms with Crippen LogP contribution in [-0.4, -0.2) is 92.2 Å². The molecule has 15 heteroatoms. The van der Waals surface area contributed by atoms with Crippen LogP contribution in [-0.2, 0) is 18.6 Å². The first-order chi connectivity index (χ1) is 18.7. The first-order valence-corrected chi connectivity index (χ1v) is 15.5. The van der Waals surface area contributed by atoms with E-state index in [0.717, 1.165) is 38.5 Å². The summed E-state index contributed by atoms with van der Waals surface area (Å²) in [6, 6.07) is 0. The fourth-order valence-corrected chi connectivity index (χ4v) is 7.12. The number of carbonyl (C=O) groups is 1. The lowest BCUT2D eigenvalue weighted by Crippen LogP contribution is -2.68. The molecule has 0 radical (unpaired) electrons. The van der Waals surface area contributed by atoms with Crippen molar-refractivity contribution in [3.8, 4) is 0 Å². The van der Waals surface area contributed by atoms with E-state index < -0.39 is 50.6 Å². The van der Waals surface area contributed by atoms with Gasteiger partial charge in [-0.15, -0.1) is 0 Å². The zero-order valence-electron chi connectivity index (χ0n) is 22.1. The number of nitrogens with zero attached hydrogens (tertiary/aromatic N) is 3. The Balaban J connectivity index is 1.30. The van der Waals surface area contributed by atoms with Crippen LogP contribution in [0.3, 0.4) is 0 Å². The van der Waals surface area contributed by atoms with E-state index in [0.29, 0.717) is 13.2 Å². The number of anilines is 1. The summed E-state index contributed by atoms with van der Waals surface area (Å²) in [5.41, 5.74) is 6.91. The van der Waals surface area contributed by atoms with Crippen molar-refractivity contribution in [2.24, 2.45) is 11.7 Å². The molecule has 5 rings (SSSR count). The minimum Gasteiger partial charge on any atom is -0.387 e. The minimum absolute atomic E-state index is 0.0175. The van der Waals surface area contributed by atoms with Gasteiger partial charge in [-0.3, -0.25) is 19.6 Å². The highest BCUT2D eigenvalue weighted by Gasteiger charge is 2.48. The lowest BCUT2D eigenvalue weighted by Gasteiger charge is -2.42. The number of ether oxygens (including phenoxy) is 2. The summed E-state index contributed by atoms with van der Waals surface area (Å²) in [7, 11) is -4.14. The Morgan fingerprint density at radius 3 is 2.38 bits per heavy atom. The quantitative estimate of drug-likeness (QED) is 0.264. The van der Waals surface area contributed by atoms with Gasteiger partial charge < -0.3 is 35.2 Å². The molecule has 39 heavy (non-hydrogen) atoms. The summed E-state index contributed by atoms with van der Waals surface area (Å²) in [6.07, 6.45) is 5.96. The largest absolute Gasteiger partial charge is 0.405 e. The Morgan fingerprint density at radius 2 is 1.72 bits per heavy atom. The van der Waals surface area contributed by atoms with E-state index in [1.807, 2.05) is 0 Å². The Hall–Kier alpha value is -1.61. The molecule has 0 spiro atoms. The summed E-state index contributed by atoms with van der Waals surface area (Å²) in [5.74, 6) is -1.37. The van der Waals surface area contributed by atoms with Gasteiger partial charge in [0.2, 0.25) is 0 Å². The van der Waals surface area contributed by atoms with Crippen molar-refractivity contribution in [2.75, 3.05) is 38.2 Å². The van der Waals surface area contributed by atoms with Gasteiger partial charge in [0.15, 0.2) is 17.7 Å². The zero-order chi connectivity index (χ0) is 27.6. The highest BCUT2D eigenvalue weighted by atomic mass is 31.2. The van der Waals surface area contributed by atoms with Crippen LogP contribution in [0.15, 0.2) is 6.33 Å². The maximum atomic E-state index is 13.1. The molecule has 0 aromatic carbocycles. The maximum Gasteiger partial charge on any atom is 0.405 e. The summed E-state index contributed by atoms with van der Waals surface area (Å²) in [5, 5.41) is 27.7. The van der Waals surface area contributed by atoms with Crippen LogP contribution < -0.4 is 16.4 Å². The Kier molecular flexibility index (Phi) is 8.96. The van der Waals surface area contributed by atoms with Gasteiger partial charge in [0.25, 0.3) is 5.91 Å². The van der Waals surface area contributed by atoms with E-state index in [2.05, 4.69) is 15.6 Å². The molecule has 4 heterocycles. The minimum atomic E-state index is -4.14. The van der Waals surface area contributed by atoms with Gasteiger partial charge in [-0.05, 0) is 12.8 Å². The van der Waals surface area contributed by atoms with Crippen molar-refractivity contribution in [2.45, 2.75) is 88.1 Å². The van der Waals surface area contributed by atoms with E-state index in [1.54, 1.807) is 0 Å². The third-order valence-corrected chi connectivity index (χ3v) is 9.87. The van der Waals surface area contributed by atoms with Gasteiger partial charge in [-0.2, -0.15) is 0 Å². The number of hydrogen-bond donors (Lipinski definition) is 6. The average molecular weight is 573 g/mol. The lowest BCUT2D eigenvalue weighted by atomic mass is 9.86. The number of aliphatic hydroxyl groups is 2. The van der Waals surface area contributed by atoms with Crippen molar-refractivity contribution >= 4 is 19.5 Å². The van der Waals surface area contributed by atoms with Gasteiger partial charge >= 0.3 is 7.75 Å². The predicted octanol–water partition coefficient (Wildman–Crippen LogP) is 0.860. The van der Waals surface area contributed by atoms with Gasteiger partial charge in [0.1, 0.15) is 24.1 Å². The number of hydrogen-bond acceptors (Lipinski definition) is 10. The number of nitrogens with one attached hydrogen (secondary N) is 2. The van der Waals surface area contributed by atoms with Crippen molar-refractivity contribution in [1.82, 2.24) is 19.5 Å². The fourth-order valence-electron chi connectivity index (χ4n) is 5.94. The Labute approximate surface area is 227 Å². The normalized spacial score (nSPS) is 35.0. The van der Waals surface area contributed by atoms with Crippen molar-refractivity contribution < 1.29 is 38.5 Å². The molecule has 6 atom stereocenters. The second-order valence-corrected chi connectivity index (χ2v) is 12.8. The summed E-state index contributed by atoms with van der Waals surface area (Å²) in [6.45, 7) is 0.682. The molecule has 1 aromatic heterocycles. The van der Waals surface area contributed by atoms with Crippen LogP contribution in [0.2, 0.25) is 0 Å². The molecule has 220 valence electrons. The zero-order valence-corrected chi connectivity index (χ0v) is 23.0. The summed E-state index contributed by atoms with van der Waals surface area (Å²) < 4.78 is 31.8. The van der Waals surface area contributed by atoms with E-state index in [9.17, 15) is 24.5 Å². The van der Waals surface area contributed by atoms with Crippen LogP contribution in [0.5, 0.6) is 0 Å². The average Bonchev–Trinajstić information content (AvgIpc) is 3.46. The Morgan fingerprint density at radius 1 is 1.08 bits per heavy atom. The number of rotatable bonds is 6. The topological polar surface area (TPSA) is 194 Å². The van der Waals surface area contributed by atoms with E-state index in [1.165, 1.54) is 34.8 Å². The molecule has 0 bridgehead atoms. The molecule has 2 unspecified atom stereocenters. The standard InChI is InChI=1S/C24H41N6O8P/c25-24(16-8-6-4-2-1-3-5-7-9-16)27-21-18(22(33)28-24)26-15-30(21)23-20(32)19(31)17(38-23)14-37-39(34,35)29-10-12-36-13-11-29/h15-17,19-20,23,27,31-32H,1-14,25H2,(H,28,33)(H,34,35)/t17-,19-,20-,23-,24?/m1/s1. The number of amides is 1. The molecular weight excluding hydrogens is 531 g/mol. The Bertz CT molecular complexity index is 1040. The molecule has 3 aliphatic heterocycles. The first kappa shape index (κ1) is 28.9. The van der Waals surface area contributed by atoms with Crippen LogP contribution in [0.25, 0.3) is 0 Å². The maximum absolute atomic E-state index is 13.1. The number of carbonyl (C=O) groups excluding carboxylic acids is 1. The predicted molar refractivity (Wildman–Crippen MR) is 139 cm³/mol. The second-order valence-electron chi connectivity index (χ2n) is 10.9. The van der Waals surface area contributed by atoms with Crippen molar-refractivity contribution in [3.05, 3.63) is 12.0 Å². The molecular formula is C24H41N6O8P. The molecule has 1 aromatic rings. The molecule has 1 aliphatic carbocycles. The highest BCUT2D eigenvalue weighted by molar-refractivity contribution is 7.50. The molecule has 3 fully saturated rings. The third kappa shape index (κ3) is 6.19. The number of nitrogens with two attached hydrogens (primary N) is 1. The van der Waals surface area contributed by atoms with Crippen LogP contribution in [0.4, 0.5) is 5.82 Å². The second kappa shape index (κ2) is 12.1. The molecule has 7 N–H and O–H groups in total. The molecule has 4 aliphatic rings. The number of aromatic nitrogens is 2. The molecule has 1 amide bonds. The SMILES string of the molecule is NC1(C2CCCCCCCCC2)NC(=O)c2ncn([C@@H]3O[C@H](COP(=O)(O)N4CCOCC4)[C@@H](O)[C@H]3O)c2N1. The third-order valence-electron chi connectivity index (χ3n) is 8.27. The highest BCUT2D eigenvalue weighted by Crippen LogP contribution is 2.47. The summed E-state index contributed by atoms with van der Waals surface area (Å²) >= 11 is 0. The van der Waals surface area contributed by atoms with Crippen molar-refractivity contribution in [3.63, 3.8) is 0 Å². The lowest BCUT2D eigenvalue weighted by molar-refractivity contribution is -0.0517.